The minimum absolute atomic E-state index is 0. The summed E-state index contributed by atoms with van der Waals surface area (Å²) in [5, 5.41) is 2.64. The van der Waals surface area contributed by atoms with Gasteiger partial charge in [0.2, 0.25) is 5.91 Å². The van der Waals surface area contributed by atoms with Crippen molar-refractivity contribution in [3.8, 4) is 11.1 Å². The van der Waals surface area contributed by atoms with E-state index in [4.69, 9.17) is 0 Å². The molecular formula is C17H19F2N3O. The fourth-order valence-electron chi connectivity index (χ4n) is 2.31. The normalized spacial score (nSPS) is 10.1. The van der Waals surface area contributed by atoms with Gasteiger partial charge in [-0.05, 0) is 41.8 Å². The van der Waals surface area contributed by atoms with Crippen molar-refractivity contribution >= 4 is 17.4 Å². The molecule has 2 aromatic heterocycles. The van der Waals surface area contributed by atoms with Gasteiger partial charge in [-0.25, -0.2) is 9.37 Å². The van der Waals surface area contributed by atoms with Crippen LogP contribution in [-0.4, -0.2) is 22.5 Å². The van der Waals surface area contributed by atoms with Crippen molar-refractivity contribution < 1.29 is 15.0 Å². The SMILES string of the molecule is CC(=O)Nc1cn2cc(-c3cccc(F)c3C)ccc2n1.CF.[HH]. The molecule has 0 aliphatic rings. The molecular weight excluding hydrogens is 300 g/mol. The van der Waals surface area contributed by atoms with Crippen LogP contribution in [0.5, 0.6) is 0 Å². The Balaban J connectivity index is 0.000000925. The molecule has 4 nitrogen and oxygen atoms in total. The minimum Gasteiger partial charge on any atom is -0.310 e. The van der Waals surface area contributed by atoms with Gasteiger partial charge < -0.3 is 9.72 Å². The molecule has 3 rings (SSSR count). The van der Waals surface area contributed by atoms with Gasteiger partial charge >= 0.3 is 0 Å². The van der Waals surface area contributed by atoms with Crippen molar-refractivity contribution in [1.82, 2.24) is 9.38 Å². The Morgan fingerprint density at radius 2 is 1.96 bits per heavy atom. The van der Waals surface area contributed by atoms with Crippen LogP contribution < -0.4 is 5.32 Å². The summed E-state index contributed by atoms with van der Waals surface area (Å²) >= 11 is 0. The summed E-state index contributed by atoms with van der Waals surface area (Å²) in [5.74, 6) is 0.104. The van der Waals surface area contributed by atoms with Crippen LogP contribution in [0.1, 0.15) is 13.9 Å². The van der Waals surface area contributed by atoms with E-state index < -0.39 is 0 Å². The molecule has 0 radical (unpaired) electrons. The second kappa shape index (κ2) is 7.00. The summed E-state index contributed by atoms with van der Waals surface area (Å²) in [6, 6.07) is 8.75. The molecule has 0 unspecified atom stereocenters. The lowest BCUT2D eigenvalue weighted by Gasteiger charge is -2.07. The Kier molecular flexibility index (Phi) is 5.05. The summed E-state index contributed by atoms with van der Waals surface area (Å²) in [6.45, 7) is 3.19. The van der Waals surface area contributed by atoms with Crippen LogP contribution in [0, 0.1) is 12.7 Å². The van der Waals surface area contributed by atoms with Crippen LogP contribution in [0.3, 0.4) is 0 Å². The predicted molar refractivity (Wildman–Crippen MR) is 88.8 cm³/mol. The van der Waals surface area contributed by atoms with Crippen molar-refractivity contribution in [2.24, 2.45) is 0 Å². The van der Waals surface area contributed by atoms with E-state index in [1.165, 1.54) is 13.0 Å². The molecule has 23 heavy (non-hydrogen) atoms. The van der Waals surface area contributed by atoms with Crippen molar-refractivity contribution in [3.05, 3.63) is 54.1 Å². The Morgan fingerprint density at radius 1 is 1.22 bits per heavy atom. The van der Waals surface area contributed by atoms with Gasteiger partial charge in [0.15, 0.2) is 5.82 Å². The Morgan fingerprint density at radius 3 is 2.65 bits per heavy atom. The van der Waals surface area contributed by atoms with Gasteiger partial charge in [-0.3, -0.25) is 9.18 Å². The van der Waals surface area contributed by atoms with Gasteiger partial charge in [0.05, 0.1) is 13.4 Å². The summed E-state index contributed by atoms with van der Waals surface area (Å²) in [7, 11) is 0.500. The van der Waals surface area contributed by atoms with Gasteiger partial charge in [0.25, 0.3) is 0 Å². The van der Waals surface area contributed by atoms with Crippen LogP contribution in [-0.2, 0) is 4.79 Å². The molecule has 6 heteroatoms. The fourth-order valence-corrected chi connectivity index (χ4v) is 2.31. The van der Waals surface area contributed by atoms with E-state index in [2.05, 4.69) is 10.3 Å². The first-order valence-corrected chi connectivity index (χ1v) is 6.94. The van der Waals surface area contributed by atoms with Crippen LogP contribution in [0.4, 0.5) is 14.6 Å². The number of rotatable bonds is 2. The molecule has 0 fully saturated rings. The number of anilines is 1. The van der Waals surface area contributed by atoms with Crippen molar-refractivity contribution in [1.29, 1.82) is 0 Å². The maximum absolute atomic E-state index is 13.7. The molecule has 1 aromatic carbocycles. The average Bonchev–Trinajstić information content (AvgIpc) is 2.92. The van der Waals surface area contributed by atoms with Crippen LogP contribution >= 0.6 is 0 Å². The topological polar surface area (TPSA) is 46.4 Å². The summed E-state index contributed by atoms with van der Waals surface area (Å²) in [4.78, 5) is 15.3. The van der Waals surface area contributed by atoms with Crippen molar-refractivity contribution in [3.63, 3.8) is 0 Å². The number of imidazole rings is 1. The van der Waals surface area contributed by atoms with Crippen LogP contribution in [0.25, 0.3) is 16.8 Å². The Hall–Kier alpha value is -2.76. The maximum Gasteiger partial charge on any atom is 0.222 e. The van der Waals surface area contributed by atoms with Crippen LogP contribution in [0.15, 0.2) is 42.7 Å². The van der Waals surface area contributed by atoms with E-state index >= 15 is 0 Å². The highest BCUT2D eigenvalue weighted by Crippen LogP contribution is 2.25. The third kappa shape index (κ3) is 3.53. The van der Waals surface area contributed by atoms with Crippen molar-refractivity contribution in [2.75, 3.05) is 12.5 Å². The molecule has 1 N–H and O–H groups in total. The van der Waals surface area contributed by atoms with E-state index in [0.29, 0.717) is 18.6 Å². The molecule has 0 aliphatic heterocycles. The molecule has 122 valence electrons. The molecule has 2 heterocycles. The number of nitrogens with one attached hydrogen (secondary N) is 1. The number of nitrogens with zero attached hydrogens (tertiary/aromatic N) is 2. The first-order valence-electron chi connectivity index (χ1n) is 6.94. The fraction of sp³-hybridized carbons (Fsp3) is 0.176. The monoisotopic (exact) mass is 319 g/mol. The largest absolute Gasteiger partial charge is 0.310 e. The van der Waals surface area contributed by atoms with E-state index in [0.717, 1.165) is 16.8 Å². The molecule has 0 saturated carbocycles. The zero-order valence-electron chi connectivity index (χ0n) is 13.1. The third-order valence-corrected chi connectivity index (χ3v) is 3.33. The lowest BCUT2D eigenvalue weighted by Crippen LogP contribution is -2.05. The maximum atomic E-state index is 13.7. The first-order chi connectivity index (χ1) is 11.0. The summed E-state index contributed by atoms with van der Waals surface area (Å²) in [6.07, 6.45) is 3.60. The van der Waals surface area contributed by atoms with Gasteiger partial charge in [-0.15, -0.1) is 0 Å². The third-order valence-electron chi connectivity index (χ3n) is 3.33. The van der Waals surface area contributed by atoms with E-state index in [9.17, 15) is 13.6 Å². The number of fused-ring (bicyclic) bond motifs is 1. The highest BCUT2D eigenvalue weighted by Gasteiger charge is 2.08. The average molecular weight is 319 g/mol. The Labute approximate surface area is 134 Å². The quantitative estimate of drug-likeness (QED) is 0.768. The molecule has 0 atom stereocenters. The number of pyridine rings is 1. The number of amides is 1. The molecule has 0 spiro atoms. The second-order valence-electron chi connectivity index (χ2n) is 4.90. The van der Waals surface area contributed by atoms with Gasteiger partial charge in [-0.1, -0.05) is 12.1 Å². The van der Waals surface area contributed by atoms with E-state index in [1.807, 2.05) is 28.8 Å². The van der Waals surface area contributed by atoms with Crippen molar-refractivity contribution in [2.45, 2.75) is 13.8 Å². The number of carbonyl (C=O) groups is 1. The standard InChI is InChI=1S/C16H14FN3O.CH3F.H2/c1-10-13(4-3-5-14(10)17)12-6-7-16-19-15(18-11(2)21)9-20(16)8-12;1-2;/h3-9H,1-2H3,(H,18,21);1H3;1H. The van der Waals surface area contributed by atoms with Gasteiger partial charge in [0.1, 0.15) is 11.5 Å². The molecule has 0 saturated heterocycles. The number of halogens is 2. The highest BCUT2D eigenvalue weighted by molar-refractivity contribution is 5.87. The summed E-state index contributed by atoms with van der Waals surface area (Å²) < 4.78 is 25.0. The number of hydrogen-bond donors (Lipinski definition) is 1. The van der Waals surface area contributed by atoms with Crippen LogP contribution in [0.2, 0.25) is 0 Å². The number of carbonyl (C=O) groups excluding carboxylic acids is 1. The predicted octanol–water partition coefficient (Wildman–Crippen LogP) is 4.24. The zero-order valence-corrected chi connectivity index (χ0v) is 13.1. The number of alkyl halides is 1. The molecule has 1 amide bonds. The number of hydrogen-bond acceptors (Lipinski definition) is 2. The molecule has 0 aliphatic carbocycles. The first kappa shape index (κ1) is 16.6. The van der Waals surface area contributed by atoms with Gasteiger partial charge in [0, 0.05) is 14.5 Å². The molecule has 0 bridgehead atoms. The lowest BCUT2D eigenvalue weighted by molar-refractivity contribution is -0.114. The lowest BCUT2D eigenvalue weighted by atomic mass is 10.0. The highest BCUT2D eigenvalue weighted by atomic mass is 19.1. The van der Waals surface area contributed by atoms with E-state index in [1.54, 1.807) is 19.2 Å². The van der Waals surface area contributed by atoms with Gasteiger partial charge in [-0.2, -0.15) is 0 Å². The second-order valence-corrected chi connectivity index (χ2v) is 4.90. The van der Waals surface area contributed by atoms with E-state index in [-0.39, 0.29) is 13.2 Å². The smallest absolute Gasteiger partial charge is 0.222 e. The summed E-state index contributed by atoms with van der Waals surface area (Å²) in [5.41, 5.74) is 3.06. The molecule has 3 aromatic rings. The number of aromatic nitrogens is 2. The Bertz CT molecular complexity index is 849. The number of benzene rings is 1. The zero-order chi connectivity index (χ0) is 17.0. The minimum atomic E-state index is -0.225.